The molecule has 1 rings (SSSR count). The number of aryl methyl sites for hydroxylation is 1. The summed E-state index contributed by atoms with van der Waals surface area (Å²) in [5.41, 5.74) is 0. The summed E-state index contributed by atoms with van der Waals surface area (Å²) in [5, 5.41) is 3.19. The molecule has 0 saturated heterocycles. The number of hydrogen-bond acceptors (Lipinski definition) is 5. The van der Waals surface area contributed by atoms with Gasteiger partial charge in [-0.3, -0.25) is 0 Å². The molecular weight excluding hydrogens is 292 g/mol. The van der Waals surface area contributed by atoms with Crippen molar-refractivity contribution in [1.82, 2.24) is 9.62 Å². The van der Waals surface area contributed by atoms with Crippen molar-refractivity contribution in [2.45, 2.75) is 38.6 Å². The maximum atomic E-state index is 12.5. The van der Waals surface area contributed by atoms with Gasteiger partial charge in [-0.25, -0.2) is 8.42 Å². The molecule has 0 bridgehead atoms. The first-order valence-corrected chi connectivity index (χ1v) is 8.71. The second-order valence-corrected chi connectivity index (χ2v) is 6.85. The normalized spacial score (nSPS) is 12.2. The molecule has 1 N–H and O–H groups in total. The SMILES string of the molecule is CCCNCc1cc(S(=O)(=O)N(C)CCOCC)c(C)o1. The fourth-order valence-corrected chi connectivity index (χ4v) is 3.22. The highest BCUT2D eigenvalue weighted by Gasteiger charge is 2.25. The van der Waals surface area contributed by atoms with Gasteiger partial charge >= 0.3 is 0 Å². The van der Waals surface area contributed by atoms with Crippen LogP contribution in [0.15, 0.2) is 15.4 Å². The van der Waals surface area contributed by atoms with Crippen LogP contribution in [0.1, 0.15) is 31.8 Å². The van der Waals surface area contributed by atoms with Crippen LogP contribution in [0.5, 0.6) is 0 Å². The Morgan fingerprint density at radius 1 is 1.38 bits per heavy atom. The van der Waals surface area contributed by atoms with E-state index in [1.165, 1.54) is 4.31 Å². The maximum Gasteiger partial charge on any atom is 0.246 e. The van der Waals surface area contributed by atoms with E-state index in [1.54, 1.807) is 20.0 Å². The van der Waals surface area contributed by atoms with Gasteiger partial charge in [0.05, 0.1) is 13.2 Å². The predicted molar refractivity (Wildman–Crippen MR) is 81.8 cm³/mol. The fraction of sp³-hybridized carbons (Fsp3) is 0.714. The van der Waals surface area contributed by atoms with Crippen LogP contribution in [-0.2, 0) is 21.3 Å². The lowest BCUT2D eigenvalue weighted by atomic mass is 10.4. The molecule has 122 valence electrons. The Morgan fingerprint density at radius 3 is 2.71 bits per heavy atom. The van der Waals surface area contributed by atoms with Crippen molar-refractivity contribution in [3.05, 3.63) is 17.6 Å². The molecule has 1 aromatic heterocycles. The van der Waals surface area contributed by atoms with Crippen molar-refractivity contribution in [3.8, 4) is 0 Å². The van der Waals surface area contributed by atoms with E-state index in [1.807, 2.05) is 6.92 Å². The van der Waals surface area contributed by atoms with Gasteiger partial charge in [0.25, 0.3) is 0 Å². The van der Waals surface area contributed by atoms with E-state index in [4.69, 9.17) is 9.15 Å². The van der Waals surface area contributed by atoms with Crippen LogP contribution in [0.3, 0.4) is 0 Å². The van der Waals surface area contributed by atoms with E-state index < -0.39 is 10.0 Å². The zero-order chi connectivity index (χ0) is 15.9. The average molecular weight is 318 g/mol. The molecule has 7 heteroatoms. The average Bonchev–Trinajstić information content (AvgIpc) is 2.81. The third-order valence-corrected chi connectivity index (χ3v) is 5.06. The quantitative estimate of drug-likeness (QED) is 0.665. The van der Waals surface area contributed by atoms with E-state index in [9.17, 15) is 8.42 Å². The van der Waals surface area contributed by atoms with Gasteiger partial charge in [-0.15, -0.1) is 0 Å². The van der Waals surface area contributed by atoms with Gasteiger partial charge in [-0.1, -0.05) is 6.92 Å². The molecule has 0 unspecified atom stereocenters. The van der Waals surface area contributed by atoms with Crippen LogP contribution >= 0.6 is 0 Å². The molecular formula is C14H26N2O4S. The highest BCUT2D eigenvalue weighted by Crippen LogP contribution is 2.22. The Morgan fingerprint density at radius 2 is 2.10 bits per heavy atom. The first-order chi connectivity index (χ1) is 9.93. The lowest BCUT2D eigenvalue weighted by Crippen LogP contribution is -2.30. The second-order valence-electron chi connectivity index (χ2n) is 4.83. The molecule has 0 atom stereocenters. The molecule has 0 saturated carbocycles. The Labute approximate surface area is 127 Å². The van der Waals surface area contributed by atoms with Gasteiger partial charge in [0.1, 0.15) is 16.4 Å². The molecule has 6 nitrogen and oxygen atoms in total. The summed E-state index contributed by atoms with van der Waals surface area (Å²) in [4.78, 5) is 0.231. The lowest BCUT2D eigenvalue weighted by molar-refractivity contribution is 0.138. The van der Waals surface area contributed by atoms with Crippen molar-refractivity contribution >= 4 is 10.0 Å². The van der Waals surface area contributed by atoms with Crippen LogP contribution in [0.25, 0.3) is 0 Å². The van der Waals surface area contributed by atoms with Crippen LogP contribution in [0, 0.1) is 6.92 Å². The van der Waals surface area contributed by atoms with Crippen LogP contribution in [0.4, 0.5) is 0 Å². The van der Waals surface area contributed by atoms with Crippen LogP contribution in [-0.4, -0.2) is 46.1 Å². The summed E-state index contributed by atoms with van der Waals surface area (Å²) >= 11 is 0. The highest BCUT2D eigenvalue weighted by molar-refractivity contribution is 7.89. The summed E-state index contributed by atoms with van der Waals surface area (Å²) in [6.45, 7) is 8.31. The molecule has 0 radical (unpaired) electrons. The standard InChI is InChI=1S/C14H26N2O4S/c1-5-7-15-11-13-10-14(12(3)20-13)21(17,18)16(4)8-9-19-6-2/h10,15H,5-9,11H2,1-4H3. The maximum absolute atomic E-state index is 12.5. The zero-order valence-electron chi connectivity index (χ0n) is 13.3. The number of hydrogen-bond donors (Lipinski definition) is 1. The third-order valence-electron chi connectivity index (χ3n) is 3.09. The van der Waals surface area contributed by atoms with E-state index in [0.29, 0.717) is 37.8 Å². The molecule has 0 aromatic carbocycles. The Balaban J connectivity index is 2.78. The summed E-state index contributed by atoms with van der Waals surface area (Å²) < 4.78 is 37.0. The second kappa shape index (κ2) is 8.53. The number of furan rings is 1. The minimum atomic E-state index is -3.53. The summed E-state index contributed by atoms with van der Waals surface area (Å²) in [6, 6.07) is 1.60. The molecule has 1 aromatic rings. The number of ether oxygens (including phenoxy) is 1. The summed E-state index contributed by atoms with van der Waals surface area (Å²) in [7, 11) is -1.98. The van der Waals surface area contributed by atoms with Crippen LogP contribution < -0.4 is 5.32 Å². The Hall–Kier alpha value is -0.890. The van der Waals surface area contributed by atoms with Crippen molar-refractivity contribution in [2.24, 2.45) is 0 Å². The first kappa shape index (κ1) is 18.2. The molecule has 0 aliphatic rings. The van der Waals surface area contributed by atoms with E-state index in [0.717, 1.165) is 13.0 Å². The van der Waals surface area contributed by atoms with Gasteiger partial charge < -0.3 is 14.5 Å². The number of nitrogens with zero attached hydrogens (tertiary/aromatic N) is 1. The zero-order valence-corrected chi connectivity index (χ0v) is 14.1. The predicted octanol–water partition coefficient (Wildman–Crippen LogP) is 1.74. The van der Waals surface area contributed by atoms with Crippen molar-refractivity contribution < 1.29 is 17.6 Å². The van der Waals surface area contributed by atoms with Crippen LogP contribution in [0.2, 0.25) is 0 Å². The first-order valence-electron chi connectivity index (χ1n) is 7.27. The van der Waals surface area contributed by atoms with E-state index in [2.05, 4.69) is 12.2 Å². The van der Waals surface area contributed by atoms with E-state index in [-0.39, 0.29) is 4.90 Å². The number of nitrogens with one attached hydrogen (secondary N) is 1. The Bertz CT molecular complexity index is 525. The van der Waals surface area contributed by atoms with Crippen molar-refractivity contribution in [2.75, 3.05) is 33.4 Å². The van der Waals surface area contributed by atoms with Crippen molar-refractivity contribution in [3.63, 3.8) is 0 Å². The van der Waals surface area contributed by atoms with Crippen molar-refractivity contribution in [1.29, 1.82) is 0 Å². The number of likely N-dealkylation sites (N-methyl/N-ethyl adjacent to an activating group) is 1. The van der Waals surface area contributed by atoms with Gasteiger partial charge in [0.2, 0.25) is 10.0 Å². The summed E-state index contributed by atoms with van der Waals surface area (Å²) in [5.74, 6) is 1.06. The topological polar surface area (TPSA) is 71.8 Å². The number of rotatable bonds is 10. The molecule has 0 amide bonds. The highest BCUT2D eigenvalue weighted by atomic mass is 32.2. The molecule has 21 heavy (non-hydrogen) atoms. The van der Waals surface area contributed by atoms with E-state index >= 15 is 0 Å². The largest absolute Gasteiger partial charge is 0.464 e. The molecule has 0 spiro atoms. The lowest BCUT2D eigenvalue weighted by Gasteiger charge is -2.16. The molecule has 0 aliphatic carbocycles. The minimum Gasteiger partial charge on any atom is -0.464 e. The minimum absolute atomic E-state index is 0.231. The number of sulfonamides is 1. The Kier molecular flexibility index (Phi) is 7.37. The van der Waals surface area contributed by atoms with Gasteiger partial charge in [-0.2, -0.15) is 4.31 Å². The third kappa shape index (κ3) is 5.10. The fourth-order valence-electron chi connectivity index (χ4n) is 1.88. The molecule has 0 aliphatic heterocycles. The smallest absolute Gasteiger partial charge is 0.246 e. The molecule has 1 heterocycles. The molecule has 0 fully saturated rings. The van der Waals surface area contributed by atoms with Gasteiger partial charge in [-0.05, 0) is 26.8 Å². The van der Waals surface area contributed by atoms with Gasteiger partial charge in [0, 0.05) is 26.3 Å². The van der Waals surface area contributed by atoms with Gasteiger partial charge in [0.15, 0.2) is 0 Å². The monoisotopic (exact) mass is 318 g/mol. The summed E-state index contributed by atoms with van der Waals surface area (Å²) in [6.07, 6.45) is 1.02.